The van der Waals surface area contributed by atoms with Crippen LogP contribution in [0.15, 0.2) is 53.5 Å². The summed E-state index contributed by atoms with van der Waals surface area (Å²) in [6, 6.07) is 16.4. The first-order valence-electron chi connectivity index (χ1n) is 8.35. The van der Waals surface area contributed by atoms with Crippen molar-refractivity contribution in [3.05, 3.63) is 59.7 Å². The summed E-state index contributed by atoms with van der Waals surface area (Å²) in [6.07, 6.45) is 1.14. The van der Waals surface area contributed by atoms with Gasteiger partial charge in [-0.1, -0.05) is 49.9 Å². The number of nitrogens with zero attached hydrogens (tertiary/aromatic N) is 1. The normalized spacial score (nSPS) is 12.9. The molecule has 0 aliphatic carbocycles. The van der Waals surface area contributed by atoms with E-state index in [4.69, 9.17) is 10.5 Å². The van der Waals surface area contributed by atoms with Gasteiger partial charge in [0, 0.05) is 5.75 Å². The molecule has 0 fully saturated rings. The van der Waals surface area contributed by atoms with E-state index in [9.17, 15) is 0 Å². The second-order valence-corrected chi connectivity index (χ2v) is 6.98. The highest BCUT2D eigenvalue weighted by atomic mass is 32.2. The summed E-state index contributed by atoms with van der Waals surface area (Å²) < 4.78 is 5.71. The zero-order valence-corrected chi connectivity index (χ0v) is 15.5. The summed E-state index contributed by atoms with van der Waals surface area (Å²) in [5.41, 5.74) is 9.42. The Bertz CT molecular complexity index is 668. The van der Waals surface area contributed by atoms with Gasteiger partial charge in [0.2, 0.25) is 0 Å². The Morgan fingerprint density at radius 1 is 1.21 bits per heavy atom. The lowest BCUT2D eigenvalue weighted by molar-refractivity contribution is 0.344. The number of amidine groups is 1. The highest BCUT2D eigenvalue weighted by molar-refractivity contribution is 8.13. The van der Waals surface area contributed by atoms with Crippen molar-refractivity contribution in [2.24, 2.45) is 10.7 Å². The molecular weight excluding hydrogens is 316 g/mol. The van der Waals surface area contributed by atoms with Crippen molar-refractivity contribution in [1.29, 1.82) is 0 Å². The molecule has 0 saturated carbocycles. The monoisotopic (exact) mass is 342 g/mol. The lowest BCUT2D eigenvalue weighted by Gasteiger charge is -2.09. The van der Waals surface area contributed by atoms with Gasteiger partial charge in [-0.2, -0.15) is 0 Å². The van der Waals surface area contributed by atoms with Gasteiger partial charge in [0.1, 0.15) is 5.75 Å². The van der Waals surface area contributed by atoms with Crippen LogP contribution in [-0.2, 0) is 0 Å². The molecule has 0 unspecified atom stereocenters. The van der Waals surface area contributed by atoms with E-state index in [2.05, 4.69) is 44.0 Å². The van der Waals surface area contributed by atoms with Crippen LogP contribution in [0.4, 0.5) is 5.69 Å². The Labute approximate surface area is 149 Å². The third-order valence-electron chi connectivity index (χ3n) is 3.91. The molecule has 1 atom stereocenters. The average Bonchev–Trinajstić information content (AvgIpc) is 2.59. The molecule has 0 radical (unpaired) electrons. The van der Waals surface area contributed by atoms with E-state index in [0.717, 1.165) is 23.6 Å². The Balaban J connectivity index is 1.79. The molecule has 0 aliphatic heterocycles. The van der Waals surface area contributed by atoms with Gasteiger partial charge < -0.3 is 10.5 Å². The molecule has 0 saturated heterocycles. The van der Waals surface area contributed by atoms with Crippen LogP contribution in [0.25, 0.3) is 0 Å². The molecule has 128 valence electrons. The summed E-state index contributed by atoms with van der Waals surface area (Å²) in [5.74, 6) is 2.24. The van der Waals surface area contributed by atoms with Crippen LogP contribution in [0.3, 0.4) is 0 Å². The molecule has 24 heavy (non-hydrogen) atoms. The van der Waals surface area contributed by atoms with Crippen LogP contribution in [0.5, 0.6) is 5.75 Å². The van der Waals surface area contributed by atoms with Crippen LogP contribution < -0.4 is 10.5 Å². The number of aryl methyl sites for hydroxylation is 1. The molecule has 2 rings (SSSR count). The fraction of sp³-hybridized carbons (Fsp3) is 0.350. The van der Waals surface area contributed by atoms with Crippen molar-refractivity contribution >= 4 is 22.6 Å². The molecule has 0 aliphatic rings. The second kappa shape index (κ2) is 9.38. The summed E-state index contributed by atoms with van der Waals surface area (Å²) in [5, 5.41) is 0.569. The van der Waals surface area contributed by atoms with Crippen molar-refractivity contribution in [2.45, 2.75) is 33.1 Å². The van der Waals surface area contributed by atoms with E-state index in [1.807, 2.05) is 30.3 Å². The lowest BCUT2D eigenvalue weighted by atomic mass is 9.99. The number of benzene rings is 2. The fourth-order valence-corrected chi connectivity index (χ4v) is 2.83. The van der Waals surface area contributed by atoms with Gasteiger partial charge in [-0.3, -0.25) is 0 Å². The molecule has 4 heteroatoms. The van der Waals surface area contributed by atoms with Gasteiger partial charge >= 0.3 is 0 Å². The average molecular weight is 343 g/mol. The molecular formula is C20H26N2OS. The number of aliphatic imine (C=N–C) groups is 1. The number of nitrogens with two attached hydrogens (primary N) is 1. The zero-order chi connectivity index (χ0) is 17.4. The maximum Gasteiger partial charge on any atom is 0.159 e. The second-order valence-electron chi connectivity index (χ2n) is 5.86. The number of ether oxygens (including phenoxy) is 1. The van der Waals surface area contributed by atoms with Crippen molar-refractivity contribution in [1.82, 2.24) is 0 Å². The SMILES string of the molecule is CC[C@H](C)c1ccc(N=C(N)SCCOc2cccc(C)c2)cc1. The molecule has 0 aromatic heterocycles. The minimum Gasteiger partial charge on any atom is -0.493 e. The van der Waals surface area contributed by atoms with Crippen molar-refractivity contribution in [2.75, 3.05) is 12.4 Å². The Hall–Kier alpha value is -1.94. The molecule has 0 bridgehead atoms. The van der Waals surface area contributed by atoms with E-state index < -0.39 is 0 Å². The van der Waals surface area contributed by atoms with Crippen LogP contribution >= 0.6 is 11.8 Å². The fourth-order valence-electron chi connectivity index (χ4n) is 2.28. The van der Waals surface area contributed by atoms with Crippen molar-refractivity contribution in [3.63, 3.8) is 0 Å². The van der Waals surface area contributed by atoms with E-state index in [0.29, 0.717) is 17.7 Å². The molecule has 2 aromatic carbocycles. The van der Waals surface area contributed by atoms with Crippen molar-refractivity contribution in [3.8, 4) is 5.75 Å². The van der Waals surface area contributed by atoms with Gasteiger partial charge in [-0.05, 0) is 54.7 Å². The number of rotatable bonds is 7. The largest absolute Gasteiger partial charge is 0.493 e. The van der Waals surface area contributed by atoms with E-state index in [-0.39, 0.29) is 0 Å². The first kappa shape index (κ1) is 18.4. The van der Waals surface area contributed by atoms with Gasteiger partial charge in [0.25, 0.3) is 0 Å². The van der Waals surface area contributed by atoms with Gasteiger partial charge in [0.05, 0.1) is 12.3 Å². The standard InChI is InChI=1S/C20H26N2OS/c1-4-16(3)17-8-10-18(11-9-17)22-20(21)24-13-12-23-19-7-5-6-15(2)14-19/h5-11,14,16H,4,12-13H2,1-3H3,(H2,21,22)/t16-/m0/s1. The van der Waals surface area contributed by atoms with Crippen LogP contribution in [0.2, 0.25) is 0 Å². The van der Waals surface area contributed by atoms with Crippen LogP contribution in [-0.4, -0.2) is 17.5 Å². The van der Waals surface area contributed by atoms with Crippen molar-refractivity contribution < 1.29 is 4.74 Å². The summed E-state index contributed by atoms with van der Waals surface area (Å²) >= 11 is 1.51. The van der Waals surface area contributed by atoms with Crippen LogP contribution in [0, 0.1) is 6.92 Å². The third kappa shape index (κ3) is 5.93. The molecule has 0 amide bonds. The minimum atomic E-state index is 0.569. The van der Waals surface area contributed by atoms with E-state index in [1.54, 1.807) is 0 Å². The van der Waals surface area contributed by atoms with Gasteiger partial charge in [-0.25, -0.2) is 4.99 Å². The first-order chi connectivity index (χ1) is 11.6. The minimum absolute atomic E-state index is 0.569. The quantitative estimate of drug-likeness (QED) is 0.424. The van der Waals surface area contributed by atoms with E-state index >= 15 is 0 Å². The molecule has 3 nitrogen and oxygen atoms in total. The van der Waals surface area contributed by atoms with Gasteiger partial charge in [-0.15, -0.1) is 0 Å². The predicted octanol–water partition coefficient (Wildman–Crippen LogP) is 5.27. The highest BCUT2D eigenvalue weighted by Crippen LogP contribution is 2.22. The zero-order valence-electron chi connectivity index (χ0n) is 14.7. The Kier molecular flexibility index (Phi) is 7.19. The molecule has 0 spiro atoms. The van der Waals surface area contributed by atoms with E-state index in [1.165, 1.54) is 22.9 Å². The molecule has 2 aromatic rings. The molecule has 0 heterocycles. The van der Waals surface area contributed by atoms with Gasteiger partial charge in [0.15, 0.2) is 5.17 Å². The summed E-state index contributed by atoms with van der Waals surface area (Å²) in [4.78, 5) is 4.45. The maximum atomic E-state index is 5.99. The lowest BCUT2D eigenvalue weighted by Crippen LogP contribution is -2.10. The number of hydrogen-bond donors (Lipinski definition) is 1. The Morgan fingerprint density at radius 2 is 1.96 bits per heavy atom. The highest BCUT2D eigenvalue weighted by Gasteiger charge is 2.02. The smallest absolute Gasteiger partial charge is 0.159 e. The summed E-state index contributed by atoms with van der Waals surface area (Å²) in [7, 11) is 0. The predicted molar refractivity (Wildman–Crippen MR) is 106 cm³/mol. The maximum absolute atomic E-state index is 5.99. The van der Waals surface area contributed by atoms with Crippen LogP contribution in [0.1, 0.15) is 37.3 Å². The molecule has 2 N–H and O–H groups in total. The Morgan fingerprint density at radius 3 is 2.62 bits per heavy atom. The summed E-state index contributed by atoms with van der Waals surface area (Å²) in [6.45, 7) is 7.09. The number of hydrogen-bond acceptors (Lipinski definition) is 3. The third-order valence-corrected chi connectivity index (χ3v) is 4.66. The number of thioether (sulfide) groups is 1. The first-order valence-corrected chi connectivity index (χ1v) is 9.33. The topological polar surface area (TPSA) is 47.6 Å².